The molecule has 0 unspecified atom stereocenters. The molecule has 4 rings (SSSR count). The average Bonchev–Trinajstić information content (AvgIpc) is 3.15. The van der Waals surface area contributed by atoms with Crippen LogP contribution in [0.1, 0.15) is 21.5 Å². The van der Waals surface area contributed by atoms with Crippen molar-refractivity contribution in [3.63, 3.8) is 0 Å². The predicted octanol–water partition coefficient (Wildman–Crippen LogP) is 4.91. The van der Waals surface area contributed by atoms with Crippen LogP contribution in [0, 0.1) is 0 Å². The molecule has 1 heterocycles. The number of halogens is 1. The van der Waals surface area contributed by atoms with Gasteiger partial charge in [0.05, 0.1) is 12.7 Å². The Balaban J connectivity index is 1.46. The number of hydrogen-bond acceptors (Lipinski definition) is 6. The minimum Gasteiger partial charge on any atom is -0.497 e. The minimum atomic E-state index is -0.542. The van der Waals surface area contributed by atoms with Gasteiger partial charge < -0.3 is 14.2 Å². The van der Waals surface area contributed by atoms with Gasteiger partial charge in [0, 0.05) is 10.6 Å². The first-order valence-electron chi connectivity index (χ1n) is 9.26. The van der Waals surface area contributed by atoms with Crippen LogP contribution in [0.5, 0.6) is 11.5 Å². The number of nitrogens with zero attached hydrogens (tertiary/aromatic N) is 1. The lowest BCUT2D eigenvalue weighted by molar-refractivity contribution is -0.129. The highest BCUT2D eigenvalue weighted by Crippen LogP contribution is 2.22. The van der Waals surface area contributed by atoms with Crippen LogP contribution in [0.3, 0.4) is 0 Å². The summed E-state index contributed by atoms with van der Waals surface area (Å²) >= 11 is 5.88. The molecule has 0 radical (unpaired) electrons. The molecule has 6 nitrogen and oxygen atoms in total. The Hall–Kier alpha value is -3.90. The summed E-state index contributed by atoms with van der Waals surface area (Å²) in [6.45, 7) is 0. The number of aliphatic imine (C=N–C) groups is 1. The van der Waals surface area contributed by atoms with Crippen molar-refractivity contribution in [2.24, 2.45) is 4.99 Å². The van der Waals surface area contributed by atoms with Crippen molar-refractivity contribution in [2.45, 2.75) is 0 Å². The largest absolute Gasteiger partial charge is 0.497 e. The average molecular weight is 434 g/mol. The first-order valence-corrected chi connectivity index (χ1v) is 9.64. The van der Waals surface area contributed by atoms with Crippen LogP contribution in [0.25, 0.3) is 6.08 Å². The summed E-state index contributed by atoms with van der Waals surface area (Å²) in [6.07, 6.45) is 1.60. The van der Waals surface area contributed by atoms with Crippen molar-refractivity contribution in [2.75, 3.05) is 7.11 Å². The highest BCUT2D eigenvalue weighted by Gasteiger charge is 2.24. The first kappa shape index (κ1) is 20.4. The van der Waals surface area contributed by atoms with E-state index in [1.54, 1.807) is 86.0 Å². The van der Waals surface area contributed by atoms with Gasteiger partial charge in [0.15, 0.2) is 5.70 Å². The SMILES string of the molecule is COc1ccc(C(=O)Oc2ccc(/C=C3/N=C(c4ccc(Cl)cc4)OC3=O)cc2)cc1. The predicted molar refractivity (Wildman–Crippen MR) is 116 cm³/mol. The van der Waals surface area contributed by atoms with Gasteiger partial charge in [0.2, 0.25) is 5.90 Å². The maximum absolute atomic E-state index is 12.2. The highest BCUT2D eigenvalue weighted by atomic mass is 35.5. The molecular weight excluding hydrogens is 418 g/mol. The number of carbonyl (C=O) groups is 2. The topological polar surface area (TPSA) is 74.2 Å². The monoisotopic (exact) mass is 433 g/mol. The third-order valence-electron chi connectivity index (χ3n) is 4.43. The van der Waals surface area contributed by atoms with Gasteiger partial charge in [-0.3, -0.25) is 0 Å². The van der Waals surface area contributed by atoms with Crippen molar-refractivity contribution >= 4 is 35.5 Å². The zero-order valence-electron chi connectivity index (χ0n) is 16.4. The van der Waals surface area contributed by atoms with Crippen molar-refractivity contribution < 1.29 is 23.8 Å². The van der Waals surface area contributed by atoms with E-state index in [9.17, 15) is 9.59 Å². The number of esters is 2. The summed E-state index contributed by atoms with van der Waals surface area (Å²) in [4.78, 5) is 28.6. The summed E-state index contributed by atoms with van der Waals surface area (Å²) in [7, 11) is 1.55. The van der Waals surface area contributed by atoms with E-state index < -0.39 is 11.9 Å². The van der Waals surface area contributed by atoms with Gasteiger partial charge in [-0.05, 0) is 72.3 Å². The van der Waals surface area contributed by atoms with Gasteiger partial charge in [-0.25, -0.2) is 14.6 Å². The number of cyclic esters (lactones) is 1. The second kappa shape index (κ2) is 8.85. The zero-order valence-corrected chi connectivity index (χ0v) is 17.1. The molecule has 0 bridgehead atoms. The third-order valence-corrected chi connectivity index (χ3v) is 4.68. The maximum atomic E-state index is 12.2. The van der Waals surface area contributed by atoms with Gasteiger partial charge in [-0.15, -0.1) is 0 Å². The van der Waals surface area contributed by atoms with Crippen LogP contribution < -0.4 is 9.47 Å². The Kier molecular flexibility index (Phi) is 5.82. The van der Waals surface area contributed by atoms with Gasteiger partial charge in [0.25, 0.3) is 0 Å². The van der Waals surface area contributed by atoms with E-state index in [1.807, 2.05) is 0 Å². The zero-order chi connectivity index (χ0) is 21.8. The molecule has 0 amide bonds. The van der Waals surface area contributed by atoms with E-state index in [0.29, 0.717) is 33.2 Å². The van der Waals surface area contributed by atoms with E-state index in [1.165, 1.54) is 0 Å². The molecule has 0 fully saturated rings. The van der Waals surface area contributed by atoms with Crippen LogP contribution in [0.2, 0.25) is 5.02 Å². The number of rotatable bonds is 5. The van der Waals surface area contributed by atoms with Crippen LogP contribution >= 0.6 is 11.6 Å². The number of methoxy groups -OCH3 is 1. The molecule has 0 aromatic heterocycles. The molecule has 3 aromatic carbocycles. The van der Waals surface area contributed by atoms with E-state index in [4.69, 9.17) is 25.8 Å². The summed E-state index contributed by atoms with van der Waals surface area (Å²) in [5.74, 6) is 0.229. The molecule has 31 heavy (non-hydrogen) atoms. The van der Waals surface area contributed by atoms with E-state index in [-0.39, 0.29) is 11.6 Å². The fourth-order valence-corrected chi connectivity index (χ4v) is 2.93. The summed E-state index contributed by atoms with van der Waals surface area (Å²) in [6, 6.07) is 20.2. The van der Waals surface area contributed by atoms with Gasteiger partial charge >= 0.3 is 11.9 Å². The molecule has 3 aromatic rings. The Morgan fingerprint density at radius 1 is 0.935 bits per heavy atom. The molecule has 0 spiro atoms. The molecule has 1 aliphatic heterocycles. The molecule has 0 N–H and O–H groups in total. The van der Waals surface area contributed by atoms with Crippen molar-refractivity contribution in [3.05, 3.63) is 100 Å². The number of benzene rings is 3. The van der Waals surface area contributed by atoms with E-state index in [0.717, 1.165) is 0 Å². The Morgan fingerprint density at radius 3 is 2.23 bits per heavy atom. The molecular formula is C24H16ClNO5. The van der Waals surface area contributed by atoms with Crippen LogP contribution in [-0.2, 0) is 9.53 Å². The lowest BCUT2D eigenvalue weighted by atomic mass is 10.2. The van der Waals surface area contributed by atoms with Crippen LogP contribution in [-0.4, -0.2) is 24.9 Å². The van der Waals surface area contributed by atoms with Crippen LogP contribution in [0.15, 0.2) is 83.5 Å². The maximum Gasteiger partial charge on any atom is 0.363 e. The summed E-state index contributed by atoms with van der Waals surface area (Å²) < 4.78 is 15.7. The van der Waals surface area contributed by atoms with Gasteiger partial charge in [-0.2, -0.15) is 0 Å². The highest BCUT2D eigenvalue weighted by molar-refractivity contribution is 6.30. The Bertz CT molecular complexity index is 1180. The molecule has 0 saturated carbocycles. The van der Waals surface area contributed by atoms with Gasteiger partial charge in [0.1, 0.15) is 11.5 Å². The molecule has 0 aliphatic carbocycles. The lowest BCUT2D eigenvalue weighted by Crippen LogP contribution is -2.08. The molecule has 0 saturated heterocycles. The lowest BCUT2D eigenvalue weighted by Gasteiger charge is -2.05. The number of ether oxygens (including phenoxy) is 3. The quantitative estimate of drug-likeness (QED) is 0.324. The molecule has 0 atom stereocenters. The standard InChI is InChI=1S/C24H16ClNO5/c1-29-19-12-6-17(7-13-19)23(27)30-20-10-2-15(3-11-20)14-21-24(28)31-22(26-21)16-4-8-18(25)9-5-16/h2-14H,1H3/b21-14+. The number of hydrogen-bond donors (Lipinski definition) is 0. The summed E-state index contributed by atoms with van der Waals surface area (Å²) in [5.41, 5.74) is 1.94. The fourth-order valence-electron chi connectivity index (χ4n) is 2.81. The fraction of sp³-hybridized carbons (Fsp3) is 0.0417. The molecule has 7 heteroatoms. The minimum absolute atomic E-state index is 0.174. The van der Waals surface area contributed by atoms with E-state index >= 15 is 0 Å². The first-order chi connectivity index (χ1) is 15.0. The van der Waals surface area contributed by atoms with E-state index in [2.05, 4.69) is 4.99 Å². The van der Waals surface area contributed by atoms with Gasteiger partial charge in [-0.1, -0.05) is 23.7 Å². The Morgan fingerprint density at radius 2 is 1.58 bits per heavy atom. The molecule has 1 aliphatic rings. The third kappa shape index (κ3) is 4.82. The molecule has 154 valence electrons. The normalized spacial score (nSPS) is 14.2. The van der Waals surface area contributed by atoms with Crippen molar-refractivity contribution in [1.82, 2.24) is 0 Å². The number of carbonyl (C=O) groups excluding carboxylic acids is 2. The Labute approximate surface area is 183 Å². The van der Waals surface area contributed by atoms with Crippen molar-refractivity contribution in [1.29, 1.82) is 0 Å². The summed E-state index contributed by atoms with van der Waals surface area (Å²) in [5, 5.41) is 0.581. The smallest absolute Gasteiger partial charge is 0.363 e. The van der Waals surface area contributed by atoms with Crippen LogP contribution in [0.4, 0.5) is 0 Å². The van der Waals surface area contributed by atoms with Crippen molar-refractivity contribution in [3.8, 4) is 11.5 Å². The second-order valence-corrected chi connectivity index (χ2v) is 6.97. The second-order valence-electron chi connectivity index (χ2n) is 6.53.